The lowest BCUT2D eigenvalue weighted by Crippen LogP contribution is -2.27. The van der Waals surface area contributed by atoms with Crippen LogP contribution in [0.15, 0.2) is 24.3 Å². The lowest BCUT2D eigenvalue weighted by molar-refractivity contribution is -0.130. The molecule has 1 amide bonds. The van der Waals surface area contributed by atoms with Gasteiger partial charge in [-0.05, 0) is 24.2 Å². The molecule has 4 heteroatoms. The highest BCUT2D eigenvalue weighted by molar-refractivity contribution is 5.77. The van der Waals surface area contributed by atoms with Crippen molar-refractivity contribution in [2.75, 3.05) is 27.2 Å². The molecule has 0 aromatic heterocycles. The molecule has 94 valence electrons. The van der Waals surface area contributed by atoms with Gasteiger partial charge in [-0.15, -0.1) is 0 Å². The van der Waals surface area contributed by atoms with E-state index >= 15 is 0 Å². The van der Waals surface area contributed by atoms with E-state index in [0.29, 0.717) is 0 Å². The van der Waals surface area contributed by atoms with E-state index in [9.17, 15) is 4.79 Å². The monoisotopic (exact) mass is 236 g/mol. The van der Waals surface area contributed by atoms with Gasteiger partial charge in [0, 0.05) is 20.6 Å². The number of carbonyl (C=O) groups excluding carboxylic acids is 1. The second-order valence-electron chi connectivity index (χ2n) is 4.00. The summed E-state index contributed by atoms with van der Waals surface area (Å²) in [5.41, 5.74) is 1.21. The zero-order valence-corrected chi connectivity index (χ0v) is 10.7. The number of nitrogens with zero attached hydrogens (tertiary/aromatic N) is 1. The van der Waals surface area contributed by atoms with E-state index in [-0.39, 0.29) is 12.5 Å². The van der Waals surface area contributed by atoms with Crippen molar-refractivity contribution >= 4 is 5.91 Å². The first kappa shape index (κ1) is 13.5. The lowest BCUT2D eigenvalue weighted by atomic mass is 10.2. The van der Waals surface area contributed by atoms with E-state index in [1.807, 2.05) is 24.3 Å². The molecular weight excluding hydrogens is 216 g/mol. The Morgan fingerprint density at radius 2 is 1.94 bits per heavy atom. The zero-order chi connectivity index (χ0) is 12.7. The Labute approximate surface area is 103 Å². The van der Waals surface area contributed by atoms with Gasteiger partial charge in [0.25, 0.3) is 5.91 Å². The van der Waals surface area contributed by atoms with Gasteiger partial charge >= 0.3 is 0 Å². The third-order valence-electron chi connectivity index (χ3n) is 2.36. The lowest BCUT2D eigenvalue weighted by Gasteiger charge is -2.11. The maximum Gasteiger partial charge on any atom is 0.259 e. The summed E-state index contributed by atoms with van der Waals surface area (Å²) in [5, 5.41) is 3.25. The minimum absolute atomic E-state index is 0.0401. The van der Waals surface area contributed by atoms with Gasteiger partial charge in [0.2, 0.25) is 0 Å². The average Bonchev–Trinajstić information content (AvgIpc) is 2.34. The molecule has 0 atom stereocenters. The van der Waals surface area contributed by atoms with Gasteiger partial charge in [0.05, 0.1) is 0 Å². The summed E-state index contributed by atoms with van der Waals surface area (Å²) in [6.07, 6.45) is 0. The predicted molar refractivity (Wildman–Crippen MR) is 68.0 cm³/mol. The van der Waals surface area contributed by atoms with E-state index in [4.69, 9.17) is 4.74 Å². The van der Waals surface area contributed by atoms with Gasteiger partial charge < -0.3 is 15.0 Å². The van der Waals surface area contributed by atoms with Gasteiger partial charge in [-0.3, -0.25) is 4.79 Å². The van der Waals surface area contributed by atoms with Gasteiger partial charge in [-0.2, -0.15) is 0 Å². The smallest absolute Gasteiger partial charge is 0.259 e. The Morgan fingerprint density at radius 3 is 2.47 bits per heavy atom. The van der Waals surface area contributed by atoms with Crippen LogP contribution in [0.4, 0.5) is 0 Å². The Balaban J connectivity index is 2.42. The maximum atomic E-state index is 11.3. The van der Waals surface area contributed by atoms with E-state index in [1.54, 1.807) is 14.1 Å². The van der Waals surface area contributed by atoms with E-state index < -0.39 is 0 Å². The molecule has 0 aliphatic rings. The summed E-state index contributed by atoms with van der Waals surface area (Å²) in [4.78, 5) is 12.8. The first-order chi connectivity index (χ1) is 8.13. The van der Waals surface area contributed by atoms with Crippen LogP contribution in [0.1, 0.15) is 12.5 Å². The Bertz CT molecular complexity index is 347. The molecule has 0 unspecified atom stereocenters. The third-order valence-corrected chi connectivity index (χ3v) is 2.36. The number of ether oxygens (including phenoxy) is 1. The van der Waals surface area contributed by atoms with Crippen LogP contribution in [-0.4, -0.2) is 38.1 Å². The highest BCUT2D eigenvalue weighted by Crippen LogP contribution is 2.12. The minimum atomic E-state index is -0.0401. The van der Waals surface area contributed by atoms with E-state index in [0.717, 1.165) is 18.8 Å². The van der Waals surface area contributed by atoms with Crippen molar-refractivity contribution < 1.29 is 9.53 Å². The molecule has 1 N–H and O–H groups in total. The molecule has 4 nitrogen and oxygen atoms in total. The molecule has 0 spiro atoms. The minimum Gasteiger partial charge on any atom is -0.484 e. The Hall–Kier alpha value is -1.55. The quantitative estimate of drug-likeness (QED) is 0.808. The standard InChI is InChI=1S/C13H20N2O2/c1-4-14-9-11-5-7-12(8-6-11)17-10-13(16)15(2)3/h5-8,14H,4,9-10H2,1-3H3. The van der Waals surface area contributed by atoms with Crippen molar-refractivity contribution in [2.24, 2.45) is 0 Å². The molecule has 0 saturated heterocycles. The Kier molecular flexibility index (Phi) is 5.49. The molecule has 1 aromatic rings. The number of hydrogen-bond donors (Lipinski definition) is 1. The SMILES string of the molecule is CCNCc1ccc(OCC(=O)N(C)C)cc1. The molecule has 1 aromatic carbocycles. The number of rotatable bonds is 6. The number of hydrogen-bond acceptors (Lipinski definition) is 3. The maximum absolute atomic E-state index is 11.3. The van der Waals surface area contributed by atoms with Crippen LogP contribution in [0.3, 0.4) is 0 Å². The summed E-state index contributed by atoms with van der Waals surface area (Å²) < 4.78 is 5.38. The fourth-order valence-corrected chi connectivity index (χ4v) is 1.25. The summed E-state index contributed by atoms with van der Waals surface area (Å²) in [7, 11) is 3.43. The molecule has 0 radical (unpaired) electrons. The first-order valence-corrected chi connectivity index (χ1v) is 5.76. The van der Waals surface area contributed by atoms with Crippen LogP contribution < -0.4 is 10.1 Å². The molecule has 0 heterocycles. The van der Waals surface area contributed by atoms with E-state index in [1.165, 1.54) is 10.5 Å². The average molecular weight is 236 g/mol. The largest absolute Gasteiger partial charge is 0.484 e. The molecule has 0 aliphatic carbocycles. The second-order valence-corrected chi connectivity index (χ2v) is 4.00. The van der Waals surface area contributed by atoms with Crippen molar-refractivity contribution in [1.82, 2.24) is 10.2 Å². The summed E-state index contributed by atoms with van der Waals surface area (Å²) in [6, 6.07) is 7.77. The third kappa shape index (κ3) is 4.87. The molecule has 17 heavy (non-hydrogen) atoms. The van der Waals surface area contributed by atoms with Crippen molar-refractivity contribution in [3.05, 3.63) is 29.8 Å². The summed E-state index contributed by atoms with van der Waals surface area (Å²) in [6.45, 7) is 3.97. The van der Waals surface area contributed by atoms with E-state index in [2.05, 4.69) is 12.2 Å². The Morgan fingerprint density at radius 1 is 1.29 bits per heavy atom. The van der Waals surface area contributed by atoms with Crippen molar-refractivity contribution in [3.8, 4) is 5.75 Å². The van der Waals surface area contributed by atoms with Gasteiger partial charge in [-0.1, -0.05) is 19.1 Å². The molecule has 0 saturated carbocycles. The fraction of sp³-hybridized carbons (Fsp3) is 0.462. The number of amides is 1. The molecule has 0 fully saturated rings. The summed E-state index contributed by atoms with van der Waals surface area (Å²) >= 11 is 0. The number of nitrogens with one attached hydrogen (secondary N) is 1. The summed E-state index contributed by atoms with van der Waals surface area (Å²) in [5.74, 6) is 0.683. The second kappa shape index (κ2) is 6.91. The van der Waals surface area contributed by atoms with Crippen LogP contribution in [0, 0.1) is 0 Å². The van der Waals surface area contributed by atoms with Crippen molar-refractivity contribution in [2.45, 2.75) is 13.5 Å². The number of carbonyl (C=O) groups is 1. The van der Waals surface area contributed by atoms with Gasteiger partial charge in [-0.25, -0.2) is 0 Å². The molecule has 1 rings (SSSR count). The first-order valence-electron chi connectivity index (χ1n) is 5.76. The highest BCUT2D eigenvalue weighted by Gasteiger charge is 2.04. The van der Waals surface area contributed by atoms with Crippen molar-refractivity contribution in [1.29, 1.82) is 0 Å². The predicted octanol–water partition coefficient (Wildman–Crippen LogP) is 1.26. The number of benzene rings is 1. The zero-order valence-electron chi connectivity index (χ0n) is 10.7. The molecule has 0 aliphatic heterocycles. The highest BCUT2D eigenvalue weighted by atomic mass is 16.5. The molecular formula is C13H20N2O2. The van der Waals surface area contributed by atoms with Crippen LogP contribution in [0.25, 0.3) is 0 Å². The normalized spacial score (nSPS) is 10.1. The number of likely N-dealkylation sites (N-methyl/N-ethyl adjacent to an activating group) is 1. The van der Waals surface area contributed by atoms with Crippen LogP contribution in [0.5, 0.6) is 5.75 Å². The fourth-order valence-electron chi connectivity index (χ4n) is 1.25. The van der Waals surface area contributed by atoms with Crippen LogP contribution in [-0.2, 0) is 11.3 Å². The van der Waals surface area contributed by atoms with Crippen molar-refractivity contribution in [3.63, 3.8) is 0 Å². The molecule has 0 bridgehead atoms. The van der Waals surface area contributed by atoms with Crippen LogP contribution in [0.2, 0.25) is 0 Å². The van der Waals surface area contributed by atoms with Gasteiger partial charge in [0.15, 0.2) is 6.61 Å². The topological polar surface area (TPSA) is 41.6 Å². The van der Waals surface area contributed by atoms with Gasteiger partial charge in [0.1, 0.15) is 5.75 Å². The van der Waals surface area contributed by atoms with Crippen LogP contribution >= 0.6 is 0 Å².